The molecule has 2 atom stereocenters. The maximum Gasteiger partial charge on any atom is 0.310 e. The lowest BCUT2D eigenvalue weighted by Gasteiger charge is -2.47. The minimum Gasteiger partial charge on any atom is -0.459 e. The predicted molar refractivity (Wildman–Crippen MR) is 92.3 cm³/mol. The van der Waals surface area contributed by atoms with E-state index in [1.165, 1.54) is 0 Å². The molecule has 1 aromatic rings. The van der Waals surface area contributed by atoms with Crippen LogP contribution in [0.15, 0.2) is 24.4 Å². The van der Waals surface area contributed by atoms with Crippen molar-refractivity contribution in [3.63, 3.8) is 0 Å². The molecule has 5 heteroatoms. The molecule has 0 N–H and O–H groups in total. The number of aromatic nitrogens is 1. The van der Waals surface area contributed by atoms with Gasteiger partial charge in [0.1, 0.15) is 6.61 Å². The summed E-state index contributed by atoms with van der Waals surface area (Å²) in [4.78, 5) is 32.1. The third kappa shape index (κ3) is 3.29. The molecule has 0 spiro atoms. The van der Waals surface area contributed by atoms with E-state index in [1.807, 2.05) is 23.1 Å². The highest BCUT2D eigenvalue weighted by Crippen LogP contribution is 2.50. The average molecular weight is 342 g/mol. The number of amides is 1. The Labute approximate surface area is 148 Å². The van der Waals surface area contributed by atoms with E-state index in [4.69, 9.17) is 4.74 Å². The second-order valence-electron chi connectivity index (χ2n) is 7.69. The number of esters is 1. The van der Waals surface area contributed by atoms with Crippen LogP contribution in [0.3, 0.4) is 0 Å². The number of hydrogen-bond acceptors (Lipinski definition) is 4. The quantitative estimate of drug-likeness (QED) is 0.790. The normalized spacial score (nSPS) is 31.1. The van der Waals surface area contributed by atoms with Crippen LogP contribution in [0.25, 0.3) is 0 Å². The fourth-order valence-electron chi connectivity index (χ4n) is 5.02. The van der Waals surface area contributed by atoms with Crippen LogP contribution in [-0.4, -0.2) is 34.8 Å². The second kappa shape index (κ2) is 7.14. The molecule has 1 unspecified atom stereocenters. The van der Waals surface area contributed by atoms with Gasteiger partial charge < -0.3 is 9.64 Å². The molecule has 5 nitrogen and oxygen atoms in total. The van der Waals surface area contributed by atoms with Gasteiger partial charge in [-0.3, -0.25) is 14.6 Å². The predicted octanol–water partition coefficient (Wildman–Crippen LogP) is 2.80. The van der Waals surface area contributed by atoms with Gasteiger partial charge in [-0.25, -0.2) is 0 Å². The van der Waals surface area contributed by atoms with Crippen molar-refractivity contribution in [3.05, 3.63) is 30.1 Å². The van der Waals surface area contributed by atoms with Crippen molar-refractivity contribution in [2.45, 2.75) is 45.1 Å². The fourth-order valence-corrected chi connectivity index (χ4v) is 5.02. The van der Waals surface area contributed by atoms with E-state index in [9.17, 15) is 9.59 Å². The molecule has 4 fully saturated rings. The van der Waals surface area contributed by atoms with Gasteiger partial charge in [0, 0.05) is 19.3 Å². The summed E-state index contributed by atoms with van der Waals surface area (Å²) in [5, 5.41) is 0. The van der Waals surface area contributed by atoms with Crippen LogP contribution in [0.1, 0.15) is 44.2 Å². The van der Waals surface area contributed by atoms with E-state index in [0.29, 0.717) is 11.8 Å². The first kappa shape index (κ1) is 16.6. The van der Waals surface area contributed by atoms with E-state index in [1.54, 1.807) is 6.20 Å². The average Bonchev–Trinajstić information content (AvgIpc) is 3.21. The molecule has 1 amide bonds. The van der Waals surface area contributed by atoms with Crippen molar-refractivity contribution in [1.82, 2.24) is 9.88 Å². The van der Waals surface area contributed by atoms with E-state index < -0.39 is 0 Å². The summed E-state index contributed by atoms with van der Waals surface area (Å²) in [6.07, 6.45) is 8.14. The Morgan fingerprint density at radius 3 is 2.36 bits per heavy atom. The Morgan fingerprint density at radius 2 is 1.72 bits per heavy atom. The molecule has 3 aliphatic carbocycles. The number of carbonyl (C=O) groups is 2. The van der Waals surface area contributed by atoms with E-state index in [-0.39, 0.29) is 30.3 Å². The largest absolute Gasteiger partial charge is 0.459 e. The molecule has 1 aliphatic heterocycles. The lowest BCUT2D eigenvalue weighted by Crippen LogP contribution is -2.51. The van der Waals surface area contributed by atoms with E-state index in [2.05, 4.69) is 4.98 Å². The molecule has 2 bridgehead atoms. The smallest absolute Gasteiger partial charge is 0.310 e. The van der Waals surface area contributed by atoms with Crippen LogP contribution < -0.4 is 0 Å². The monoisotopic (exact) mass is 342 g/mol. The van der Waals surface area contributed by atoms with Crippen molar-refractivity contribution in [2.24, 2.45) is 23.7 Å². The fraction of sp³-hybridized carbons (Fsp3) is 0.650. The van der Waals surface area contributed by atoms with E-state index >= 15 is 0 Å². The topological polar surface area (TPSA) is 59.5 Å². The summed E-state index contributed by atoms with van der Waals surface area (Å²) < 4.78 is 5.59. The third-order valence-corrected chi connectivity index (χ3v) is 6.28. The van der Waals surface area contributed by atoms with Gasteiger partial charge in [0.05, 0.1) is 17.5 Å². The minimum atomic E-state index is -0.260. The summed E-state index contributed by atoms with van der Waals surface area (Å²) in [5.74, 6) is 0.235. The number of ether oxygens (including phenoxy) is 1. The lowest BCUT2D eigenvalue weighted by molar-refractivity contribution is -0.167. The number of hydrogen-bond donors (Lipinski definition) is 0. The van der Waals surface area contributed by atoms with Gasteiger partial charge >= 0.3 is 5.97 Å². The van der Waals surface area contributed by atoms with Gasteiger partial charge in [-0.05, 0) is 62.5 Å². The molecule has 5 rings (SSSR count). The summed E-state index contributed by atoms with van der Waals surface area (Å²) in [7, 11) is 0. The van der Waals surface area contributed by atoms with Crippen LogP contribution in [-0.2, 0) is 20.9 Å². The van der Waals surface area contributed by atoms with Gasteiger partial charge in [0.2, 0.25) is 5.91 Å². The van der Waals surface area contributed by atoms with Crippen LogP contribution >= 0.6 is 0 Å². The first-order chi connectivity index (χ1) is 12.2. The number of carbonyl (C=O) groups excluding carboxylic acids is 2. The van der Waals surface area contributed by atoms with Gasteiger partial charge in [0.15, 0.2) is 0 Å². The van der Waals surface area contributed by atoms with Crippen molar-refractivity contribution in [3.8, 4) is 0 Å². The molecule has 0 radical (unpaired) electrons. The number of fused-ring (bicyclic) bond motifs is 3. The highest BCUT2D eigenvalue weighted by atomic mass is 16.5. The Morgan fingerprint density at radius 1 is 1.04 bits per heavy atom. The zero-order valence-corrected chi connectivity index (χ0v) is 14.6. The van der Waals surface area contributed by atoms with Crippen molar-refractivity contribution >= 4 is 11.9 Å². The number of nitrogens with zero attached hydrogens (tertiary/aromatic N) is 2. The van der Waals surface area contributed by atoms with Crippen molar-refractivity contribution < 1.29 is 14.3 Å². The van der Waals surface area contributed by atoms with Crippen LogP contribution in [0, 0.1) is 23.7 Å². The highest BCUT2D eigenvalue weighted by molar-refractivity contribution is 5.86. The second-order valence-corrected chi connectivity index (χ2v) is 7.69. The van der Waals surface area contributed by atoms with Crippen molar-refractivity contribution in [2.75, 3.05) is 13.1 Å². The Kier molecular flexibility index (Phi) is 4.73. The van der Waals surface area contributed by atoms with Crippen LogP contribution in [0.2, 0.25) is 0 Å². The molecule has 3 saturated carbocycles. The summed E-state index contributed by atoms with van der Waals surface area (Å²) in [5.41, 5.74) is 0.749. The first-order valence-corrected chi connectivity index (χ1v) is 9.59. The maximum atomic E-state index is 13.1. The third-order valence-electron chi connectivity index (χ3n) is 6.28. The maximum absolute atomic E-state index is 13.1. The minimum absolute atomic E-state index is 0.165. The summed E-state index contributed by atoms with van der Waals surface area (Å²) >= 11 is 0. The molecular weight excluding hydrogens is 316 g/mol. The standard InChI is InChI=1S/C20H26N2O3/c23-19(22-11-3-4-12-22)17-14-6-8-15(9-7-14)18(17)20(24)25-13-16-5-1-2-10-21-16/h1-2,5,10,14-15,17-18H,3-4,6-9,11-13H2/t14?,15?,17-,18?/m0/s1. The molecular formula is C20H26N2O3. The first-order valence-electron chi connectivity index (χ1n) is 9.59. The summed E-state index contributed by atoms with van der Waals surface area (Å²) in [6, 6.07) is 5.59. The molecule has 25 heavy (non-hydrogen) atoms. The van der Waals surface area contributed by atoms with Gasteiger partial charge in [-0.15, -0.1) is 0 Å². The molecule has 1 saturated heterocycles. The number of rotatable bonds is 4. The zero-order valence-electron chi connectivity index (χ0n) is 14.6. The number of likely N-dealkylation sites (tertiary alicyclic amines) is 1. The SMILES string of the molecule is O=C(OCc1ccccn1)C1C2CCC(CC2)[C@@H]1C(=O)N1CCCC1. The van der Waals surface area contributed by atoms with Gasteiger partial charge in [-0.1, -0.05) is 6.07 Å². The lowest BCUT2D eigenvalue weighted by atomic mass is 9.58. The van der Waals surface area contributed by atoms with E-state index in [0.717, 1.165) is 57.3 Å². The van der Waals surface area contributed by atoms with Gasteiger partial charge in [-0.2, -0.15) is 0 Å². The van der Waals surface area contributed by atoms with Crippen molar-refractivity contribution in [1.29, 1.82) is 0 Å². The molecule has 0 aromatic carbocycles. The van der Waals surface area contributed by atoms with Crippen LogP contribution in [0.5, 0.6) is 0 Å². The Balaban J connectivity index is 1.48. The Bertz CT molecular complexity index is 619. The highest BCUT2D eigenvalue weighted by Gasteiger charge is 2.52. The van der Waals surface area contributed by atoms with Gasteiger partial charge in [0.25, 0.3) is 0 Å². The zero-order chi connectivity index (χ0) is 17.2. The Hall–Kier alpha value is -1.91. The summed E-state index contributed by atoms with van der Waals surface area (Å²) in [6.45, 7) is 1.89. The van der Waals surface area contributed by atoms with Crippen LogP contribution in [0.4, 0.5) is 0 Å². The molecule has 1 aromatic heterocycles. The molecule has 134 valence electrons. The number of pyridine rings is 1. The molecule has 4 aliphatic rings. The molecule has 2 heterocycles.